The first-order valence-electron chi connectivity index (χ1n) is 8.21. The van der Waals surface area contributed by atoms with Gasteiger partial charge in [0, 0.05) is 17.5 Å². The van der Waals surface area contributed by atoms with Crippen molar-refractivity contribution in [3.8, 4) is 17.2 Å². The fourth-order valence-electron chi connectivity index (χ4n) is 2.55. The van der Waals surface area contributed by atoms with Gasteiger partial charge in [0.15, 0.2) is 18.1 Å². The first-order valence-corrected chi connectivity index (χ1v) is 8.58. The second kappa shape index (κ2) is 8.13. The third-order valence-corrected chi connectivity index (χ3v) is 4.07. The number of halogens is 1. The fraction of sp³-hybridized carbons (Fsp3) is 0.278. The number of amides is 1. The normalized spacial score (nSPS) is 12.8. The zero-order chi connectivity index (χ0) is 19.4. The molecule has 1 heterocycles. The number of rotatable bonds is 5. The van der Waals surface area contributed by atoms with Crippen molar-refractivity contribution in [2.24, 2.45) is 0 Å². The summed E-state index contributed by atoms with van der Waals surface area (Å²) < 4.78 is 16.4. The van der Waals surface area contributed by atoms with Crippen molar-refractivity contribution in [1.29, 1.82) is 0 Å². The van der Waals surface area contributed by atoms with Gasteiger partial charge < -0.3 is 19.5 Å². The van der Waals surface area contributed by atoms with Gasteiger partial charge in [0.05, 0.1) is 24.2 Å². The van der Waals surface area contributed by atoms with E-state index in [1.165, 1.54) is 12.1 Å². The predicted molar refractivity (Wildman–Crippen MR) is 99.0 cm³/mol. The van der Waals surface area contributed by atoms with Crippen LogP contribution in [0.5, 0.6) is 17.2 Å². The minimum atomic E-state index is -0.589. The van der Waals surface area contributed by atoms with Crippen molar-refractivity contribution in [1.82, 2.24) is 0 Å². The summed E-state index contributed by atoms with van der Waals surface area (Å²) in [5, 5.41) is 14.4. The van der Waals surface area contributed by atoms with Crippen LogP contribution < -0.4 is 19.5 Å². The standard InChI is InChI=1S/C18H17ClN2O6/c1-11-7-12(19)3-4-15(11)27-10-18(22)20-13-8-16-17(9-14(13)21(23)24)26-6-2-5-25-16/h3-4,7-9H,2,5-6,10H2,1H3,(H,20,22). The van der Waals surface area contributed by atoms with E-state index in [9.17, 15) is 14.9 Å². The number of nitrogens with zero attached hydrogens (tertiary/aromatic N) is 1. The van der Waals surface area contributed by atoms with Crippen LogP contribution in [0, 0.1) is 17.0 Å². The highest BCUT2D eigenvalue weighted by atomic mass is 35.5. The third kappa shape index (κ3) is 4.59. The van der Waals surface area contributed by atoms with Gasteiger partial charge in [0.2, 0.25) is 0 Å². The van der Waals surface area contributed by atoms with E-state index in [0.717, 1.165) is 5.56 Å². The van der Waals surface area contributed by atoms with Crippen LogP contribution in [0.1, 0.15) is 12.0 Å². The maximum absolute atomic E-state index is 12.2. The fourth-order valence-corrected chi connectivity index (χ4v) is 2.78. The molecule has 1 N–H and O–H groups in total. The smallest absolute Gasteiger partial charge is 0.296 e. The summed E-state index contributed by atoms with van der Waals surface area (Å²) in [6.45, 7) is 2.32. The van der Waals surface area contributed by atoms with Crippen LogP contribution in [-0.2, 0) is 4.79 Å². The van der Waals surface area contributed by atoms with Crippen molar-refractivity contribution in [3.05, 3.63) is 51.0 Å². The molecule has 0 saturated heterocycles. The second-order valence-electron chi connectivity index (χ2n) is 5.87. The molecule has 0 radical (unpaired) electrons. The number of carbonyl (C=O) groups is 1. The first kappa shape index (κ1) is 18.8. The van der Waals surface area contributed by atoms with Crippen LogP contribution in [0.25, 0.3) is 0 Å². The van der Waals surface area contributed by atoms with Gasteiger partial charge in [-0.3, -0.25) is 14.9 Å². The lowest BCUT2D eigenvalue weighted by atomic mass is 10.2. The quantitative estimate of drug-likeness (QED) is 0.614. The Labute approximate surface area is 160 Å². The van der Waals surface area contributed by atoms with E-state index >= 15 is 0 Å². The van der Waals surface area contributed by atoms with Crippen LogP contribution in [0.4, 0.5) is 11.4 Å². The molecule has 3 rings (SSSR count). The van der Waals surface area contributed by atoms with Crippen molar-refractivity contribution < 1.29 is 23.9 Å². The van der Waals surface area contributed by atoms with Gasteiger partial charge in [-0.05, 0) is 30.7 Å². The lowest BCUT2D eigenvalue weighted by Crippen LogP contribution is -2.21. The monoisotopic (exact) mass is 392 g/mol. The van der Waals surface area contributed by atoms with Crippen LogP contribution in [0.3, 0.4) is 0 Å². The first-order chi connectivity index (χ1) is 12.9. The average molecular weight is 393 g/mol. The number of fused-ring (bicyclic) bond motifs is 1. The molecule has 0 spiro atoms. The molecule has 1 aliphatic rings. The Hall–Kier alpha value is -3.00. The van der Waals surface area contributed by atoms with E-state index in [0.29, 0.717) is 36.2 Å². The Morgan fingerprint density at radius 1 is 1.26 bits per heavy atom. The number of nitrogens with one attached hydrogen (secondary N) is 1. The summed E-state index contributed by atoms with van der Waals surface area (Å²) in [5.74, 6) is 0.595. The van der Waals surface area contributed by atoms with Gasteiger partial charge in [-0.15, -0.1) is 0 Å². The molecule has 0 fully saturated rings. The van der Waals surface area contributed by atoms with Crippen LogP contribution in [0.15, 0.2) is 30.3 Å². The molecular weight excluding hydrogens is 376 g/mol. The summed E-state index contributed by atoms with van der Waals surface area (Å²) >= 11 is 5.88. The Morgan fingerprint density at radius 2 is 1.96 bits per heavy atom. The number of hydrogen-bond donors (Lipinski definition) is 1. The summed E-state index contributed by atoms with van der Waals surface area (Å²) in [6.07, 6.45) is 0.665. The van der Waals surface area contributed by atoms with E-state index in [1.54, 1.807) is 25.1 Å². The molecule has 0 saturated carbocycles. The van der Waals surface area contributed by atoms with Gasteiger partial charge in [0.25, 0.3) is 11.6 Å². The minimum Gasteiger partial charge on any atom is -0.489 e. The number of nitro benzene ring substituents is 1. The predicted octanol–water partition coefficient (Wildman–Crippen LogP) is 3.74. The van der Waals surface area contributed by atoms with E-state index in [2.05, 4.69) is 5.32 Å². The molecule has 8 nitrogen and oxygen atoms in total. The molecule has 0 aliphatic carbocycles. The largest absolute Gasteiger partial charge is 0.489 e. The zero-order valence-electron chi connectivity index (χ0n) is 14.5. The number of hydrogen-bond acceptors (Lipinski definition) is 6. The number of anilines is 1. The van der Waals surface area contributed by atoms with Gasteiger partial charge in [-0.25, -0.2) is 0 Å². The van der Waals surface area contributed by atoms with Gasteiger partial charge in [0.1, 0.15) is 11.4 Å². The van der Waals surface area contributed by atoms with E-state index < -0.39 is 10.8 Å². The topological polar surface area (TPSA) is 99.9 Å². The van der Waals surface area contributed by atoms with Gasteiger partial charge >= 0.3 is 0 Å². The molecule has 0 unspecified atom stereocenters. The maximum Gasteiger partial charge on any atom is 0.296 e. The number of aryl methyl sites for hydroxylation is 1. The molecule has 27 heavy (non-hydrogen) atoms. The number of ether oxygens (including phenoxy) is 3. The molecule has 0 atom stereocenters. The second-order valence-corrected chi connectivity index (χ2v) is 6.31. The highest BCUT2D eigenvalue weighted by molar-refractivity contribution is 6.30. The number of nitro groups is 1. The minimum absolute atomic E-state index is 0.0191. The molecule has 0 aromatic heterocycles. The Bertz CT molecular complexity index is 886. The van der Waals surface area contributed by atoms with E-state index in [-0.39, 0.29) is 23.7 Å². The molecule has 2 aromatic carbocycles. The van der Waals surface area contributed by atoms with Crippen LogP contribution in [0.2, 0.25) is 5.02 Å². The molecule has 1 aliphatic heterocycles. The molecule has 142 valence electrons. The Morgan fingerprint density at radius 3 is 2.63 bits per heavy atom. The van der Waals surface area contributed by atoms with Crippen molar-refractivity contribution in [2.45, 2.75) is 13.3 Å². The SMILES string of the molecule is Cc1cc(Cl)ccc1OCC(=O)Nc1cc2c(cc1[N+](=O)[O-])OCCCO2. The number of carbonyl (C=O) groups excluding carboxylic acids is 1. The van der Waals surface area contributed by atoms with Crippen LogP contribution >= 0.6 is 11.6 Å². The molecule has 9 heteroatoms. The summed E-state index contributed by atoms with van der Waals surface area (Å²) in [4.78, 5) is 23.0. The lowest BCUT2D eigenvalue weighted by Gasteiger charge is -2.12. The number of benzene rings is 2. The average Bonchev–Trinajstić information content (AvgIpc) is 2.85. The Balaban J connectivity index is 1.74. The third-order valence-electron chi connectivity index (χ3n) is 3.83. The van der Waals surface area contributed by atoms with Crippen molar-refractivity contribution in [3.63, 3.8) is 0 Å². The summed E-state index contributed by atoms with van der Waals surface area (Å²) in [7, 11) is 0. The Kier molecular flexibility index (Phi) is 5.66. The highest BCUT2D eigenvalue weighted by Crippen LogP contribution is 2.39. The van der Waals surface area contributed by atoms with Crippen molar-refractivity contribution in [2.75, 3.05) is 25.1 Å². The zero-order valence-corrected chi connectivity index (χ0v) is 15.2. The summed E-state index contributed by atoms with van der Waals surface area (Å²) in [6, 6.07) is 7.66. The molecule has 2 aromatic rings. The van der Waals surface area contributed by atoms with E-state index in [1.807, 2.05) is 0 Å². The molecule has 0 bridgehead atoms. The molecular formula is C18H17ClN2O6. The van der Waals surface area contributed by atoms with Crippen LogP contribution in [-0.4, -0.2) is 30.7 Å². The van der Waals surface area contributed by atoms with Gasteiger partial charge in [-0.2, -0.15) is 0 Å². The van der Waals surface area contributed by atoms with Gasteiger partial charge in [-0.1, -0.05) is 11.6 Å². The maximum atomic E-state index is 12.2. The van der Waals surface area contributed by atoms with E-state index in [4.69, 9.17) is 25.8 Å². The lowest BCUT2D eigenvalue weighted by molar-refractivity contribution is -0.384. The summed E-state index contributed by atoms with van der Waals surface area (Å²) in [5.41, 5.74) is 0.512. The molecule has 1 amide bonds. The highest BCUT2D eigenvalue weighted by Gasteiger charge is 2.23. The van der Waals surface area contributed by atoms with Crippen molar-refractivity contribution >= 4 is 28.9 Å².